The average molecular weight is 1130 g/mol. The van der Waals surface area contributed by atoms with Gasteiger partial charge in [-0.25, -0.2) is 13.9 Å². The van der Waals surface area contributed by atoms with Crippen LogP contribution in [0.4, 0.5) is 5.82 Å². The zero-order valence-electron chi connectivity index (χ0n) is 44.6. The molecule has 21 nitrogen and oxygen atoms in total. The number of phosphoric acid groups is 2. The SMILES string of the molecule is CC/C=C\C/C=C\C/C=C\C/C=C\C/C=C\CCCCCC(=O)OC[C@@H]1COP(=O)(O)OP(=O)(O)OC[C@H]2O[C@@H](n3ccc(N)nc3=O)[C@@H](CC=CCCCC(=O)O1)[C@@H](O)C[C@@H](O)[C@H](/C=C/[C@@H](O)CCCCC)[C@H](O)[C@@H]2O. The number of allylic oxidation sites excluding steroid dienone is 12. The molecule has 0 radical (unpaired) electrons. The summed E-state index contributed by atoms with van der Waals surface area (Å²) in [4.78, 5) is 64.2. The molecule has 0 saturated carbocycles. The molecule has 2 bridgehead atoms. The van der Waals surface area contributed by atoms with Gasteiger partial charge in [-0.05, 0) is 83.1 Å². The van der Waals surface area contributed by atoms with Gasteiger partial charge in [-0.2, -0.15) is 9.29 Å². The first-order chi connectivity index (χ1) is 36.9. The number of aliphatic hydroxyl groups excluding tert-OH is 5. The number of carbonyl (C=O) groups is 2. The summed E-state index contributed by atoms with van der Waals surface area (Å²) in [5.74, 6) is -4.19. The fraction of sp³-hybridized carbons (Fsp3) is 0.630. The standard InChI is InChI=1S/C54H85N3O18P2/c1-3-5-7-8-9-10-11-12-13-14-15-16-17-18-19-20-21-22-27-31-49(61)70-38-42-39-71-76(66,67)75-77(68,69)72-40-47-52(64)51(63)43(34-33-41(58)29-25-6-4-2)45(59)37-46(60)44(30-26-23-24-28-32-50(62)73-42)53(74-47)57-36-35-48(55)56-54(57)65/h5,7,9-10,12-13,15-16,18-19,23,26,33-36,41-47,51-53,58-60,63-64H,3-4,6,8,11,14,17,20-22,24-25,27-32,37-40H2,1-2H3,(H,66,67)(H,68,69)(H2,55,56,65)/b7-5-,10-9-,13-12-,16-15-,19-18-,26-23?,34-33+/t41-,42+,43-,44-,45+,46-,47+,51-,52+,53+/m0/s1. The van der Waals surface area contributed by atoms with Gasteiger partial charge >= 0.3 is 33.3 Å². The van der Waals surface area contributed by atoms with Crippen molar-refractivity contribution < 1.29 is 81.6 Å². The normalized spacial score (nSPS) is 29.5. The Bertz CT molecular complexity index is 2250. The number of ether oxygens (including phenoxy) is 3. The van der Waals surface area contributed by atoms with Crippen LogP contribution in [0.3, 0.4) is 0 Å². The predicted molar refractivity (Wildman–Crippen MR) is 290 cm³/mol. The van der Waals surface area contributed by atoms with E-state index in [9.17, 15) is 58.8 Å². The summed E-state index contributed by atoms with van der Waals surface area (Å²) in [6.45, 7) is 1.35. The molecule has 0 aliphatic carbocycles. The fourth-order valence-corrected chi connectivity index (χ4v) is 10.4. The third-order valence-electron chi connectivity index (χ3n) is 12.5. The largest absolute Gasteiger partial charge is 0.481 e. The molecule has 1 aromatic heterocycles. The first-order valence-corrected chi connectivity index (χ1v) is 29.8. The molecule has 3 heterocycles. The number of nitrogens with zero attached hydrogens (tertiary/aromatic N) is 2. The van der Waals surface area contributed by atoms with Crippen LogP contribution in [-0.4, -0.2) is 119 Å². The van der Waals surface area contributed by atoms with E-state index in [1.807, 2.05) is 6.92 Å². The second-order valence-electron chi connectivity index (χ2n) is 19.0. The van der Waals surface area contributed by atoms with E-state index in [2.05, 4.69) is 77.0 Å². The molecular weight excluding hydrogens is 1040 g/mol. The van der Waals surface area contributed by atoms with Crippen LogP contribution in [0.25, 0.3) is 0 Å². The Labute approximate surface area is 453 Å². The summed E-state index contributed by atoms with van der Waals surface area (Å²) >= 11 is 0. The first-order valence-electron chi connectivity index (χ1n) is 26.9. The second-order valence-corrected chi connectivity index (χ2v) is 22.0. The summed E-state index contributed by atoms with van der Waals surface area (Å²) in [5, 5.41) is 57.5. The number of fused-ring (bicyclic) bond motifs is 3. The Morgan fingerprint density at radius 3 is 2.14 bits per heavy atom. The Morgan fingerprint density at radius 2 is 1.49 bits per heavy atom. The minimum absolute atomic E-state index is 0.0367. The predicted octanol–water partition coefficient (Wildman–Crippen LogP) is 7.82. The molecule has 0 spiro atoms. The molecule has 3 rings (SSSR count). The van der Waals surface area contributed by atoms with Crippen LogP contribution in [0.1, 0.15) is 142 Å². The zero-order valence-corrected chi connectivity index (χ0v) is 46.3. The van der Waals surface area contributed by atoms with E-state index in [1.165, 1.54) is 24.4 Å². The van der Waals surface area contributed by atoms with Crippen LogP contribution in [0.5, 0.6) is 0 Å². The third-order valence-corrected chi connectivity index (χ3v) is 15.1. The van der Waals surface area contributed by atoms with Gasteiger partial charge in [0.1, 0.15) is 30.9 Å². The molecule has 9 N–H and O–H groups in total. The van der Waals surface area contributed by atoms with E-state index in [-0.39, 0.29) is 37.9 Å². The summed E-state index contributed by atoms with van der Waals surface area (Å²) < 4.78 is 59.0. The van der Waals surface area contributed by atoms with Crippen LogP contribution in [0.15, 0.2) is 102 Å². The van der Waals surface area contributed by atoms with Crippen molar-refractivity contribution in [2.24, 2.45) is 11.8 Å². The summed E-state index contributed by atoms with van der Waals surface area (Å²) in [6.07, 6.45) is 25.1. The highest BCUT2D eigenvalue weighted by molar-refractivity contribution is 7.61. The van der Waals surface area contributed by atoms with Crippen molar-refractivity contribution in [3.63, 3.8) is 0 Å². The Morgan fingerprint density at radius 1 is 0.844 bits per heavy atom. The molecule has 2 aliphatic rings. The molecular formula is C54H85N3O18P2. The van der Waals surface area contributed by atoms with Crippen molar-refractivity contribution in [3.05, 3.63) is 108 Å². The summed E-state index contributed by atoms with van der Waals surface area (Å²) in [7, 11) is -11.3. The van der Waals surface area contributed by atoms with Crippen LogP contribution < -0.4 is 11.4 Å². The third kappa shape index (κ3) is 28.0. The number of carbonyl (C=O) groups excluding carboxylic acids is 2. The quantitative estimate of drug-likeness (QED) is 0.0212. The number of hydrogen-bond donors (Lipinski definition) is 8. The lowest BCUT2D eigenvalue weighted by molar-refractivity contribution is -0.194. The lowest BCUT2D eigenvalue weighted by Gasteiger charge is -2.40. The number of rotatable bonds is 24. The average Bonchev–Trinajstić information content (AvgIpc) is 3.37. The van der Waals surface area contributed by atoms with Crippen molar-refractivity contribution in [1.29, 1.82) is 0 Å². The molecule has 0 aromatic carbocycles. The molecule has 0 amide bonds. The lowest BCUT2D eigenvalue weighted by atomic mass is 9.82. The minimum Gasteiger partial charge on any atom is -0.462 e. The number of nitrogen functional groups attached to an aromatic ring is 1. The molecule has 1 aromatic rings. The fourth-order valence-electron chi connectivity index (χ4n) is 8.26. The molecule has 23 heteroatoms. The second kappa shape index (κ2) is 37.6. The highest BCUT2D eigenvalue weighted by Gasteiger charge is 2.45. The number of nitrogens with two attached hydrogens (primary N) is 1. The van der Waals surface area contributed by atoms with Crippen molar-refractivity contribution >= 4 is 33.4 Å². The summed E-state index contributed by atoms with van der Waals surface area (Å²) in [5.41, 5.74) is 4.77. The van der Waals surface area contributed by atoms with E-state index in [4.69, 9.17) is 29.0 Å². The van der Waals surface area contributed by atoms with Gasteiger partial charge in [-0.1, -0.05) is 125 Å². The van der Waals surface area contributed by atoms with Crippen molar-refractivity contribution in [2.45, 2.75) is 185 Å². The van der Waals surface area contributed by atoms with E-state index < -0.39 is 120 Å². The lowest BCUT2D eigenvalue weighted by Crippen LogP contribution is -2.52. The van der Waals surface area contributed by atoms with Crippen LogP contribution >= 0.6 is 15.6 Å². The van der Waals surface area contributed by atoms with E-state index >= 15 is 0 Å². The zero-order chi connectivity index (χ0) is 56.5. The number of esters is 2. The molecule has 1 saturated heterocycles. The molecule has 77 heavy (non-hydrogen) atoms. The highest BCUT2D eigenvalue weighted by atomic mass is 31.3. The van der Waals surface area contributed by atoms with Crippen LogP contribution in [0.2, 0.25) is 0 Å². The van der Waals surface area contributed by atoms with Gasteiger partial charge in [0, 0.05) is 37.3 Å². The molecule has 2 unspecified atom stereocenters. The Kier molecular flexibility index (Phi) is 32.8. The maximum Gasteiger partial charge on any atom is 0.481 e. The first kappa shape index (κ1) is 67.1. The van der Waals surface area contributed by atoms with Crippen molar-refractivity contribution in [2.75, 3.05) is 25.6 Å². The number of hydrogen-bond acceptors (Lipinski definition) is 18. The summed E-state index contributed by atoms with van der Waals surface area (Å²) in [6, 6.07) is 1.24. The van der Waals surface area contributed by atoms with Crippen LogP contribution in [0, 0.1) is 11.8 Å². The van der Waals surface area contributed by atoms with Gasteiger partial charge in [-0.3, -0.25) is 23.2 Å². The van der Waals surface area contributed by atoms with Gasteiger partial charge in [0.05, 0.1) is 37.6 Å². The molecule has 1 fully saturated rings. The topological polar surface area (TPSA) is 326 Å². The van der Waals surface area contributed by atoms with E-state index in [0.29, 0.717) is 19.3 Å². The van der Waals surface area contributed by atoms with Crippen molar-refractivity contribution in [3.8, 4) is 0 Å². The van der Waals surface area contributed by atoms with Crippen LogP contribution in [-0.2, 0) is 46.3 Å². The van der Waals surface area contributed by atoms with E-state index in [1.54, 1.807) is 12.2 Å². The highest BCUT2D eigenvalue weighted by Crippen LogP contribution is 2.60. The van der Waals surface area contributed by atoms with Gasteiger partial charge < -0.3 is 55.3 Å². The maximum atomic E-state index is 13.4. The van der Waals surface area contributed by atoms with Gasteiger partial charge in [-0.15, -0.1) is 0 Å². The number of phosphoric ester groups is 2. The Hall–Kier alpha value is -4.18. The number of aromatic nitrogens is 2. The van der Waals surface area contributed by atoms with Gasteiger partial charge in [0.25, 0.3) is 0 Å². The number of cyclic esters (lactones) is 1. The number of unbranched alkanes of at least 4 members (excludes halogenated alkanes) is 5. The number of anilines is 1. The Balaban J connectivity index is 1.72. The molecule has 434 valence electrons. The molecule has 12 atom stereocenters. The van der Waals surface area contributed by atoms with Gasteiger partial charge in [0.15, 0.2) is 6.10 Å². The smallest absolute Gasteiger partial charge is 0.462 e. The van der Waals surface area contributed by atoms with Gasteiger partial charge in [0.2, 0.25) is 0 Å². The van der Waals surface area contributed by atoms with Crippen molar-refractivity contribution in [1.82, 2.24) is 9.55 Å². The van der Waals surface area contributed by atoms with E-state index in [0.717, 1.165) is 68.8 Å². The monoisotopic (exact) mass is 1130 g/mol. The minimum atomic E-state index is -5.72. The maximum absolute atomic E-state index is 13.4. The molecule has 2 aliphatic heterocycles. The number of aliphatic hydroxyl groups is 5.